The standard InChI is InChI=1S/C23H38N2S/c1-3-19(2)20-15-17-22(18-16-20)25-23(26)24-21-13-11-9-7-5-4-6-8-10-12-14-21/h15-19,21H,3-14H2,1-2H3,(H2,24,25,26). The summed E-state index contributed by atoms with van der Waals surface area (Å²) in [4.78, 5) is 0. The molecule has 1 fully saturated rings. The van der Waals surface area contributed by atoms with Crippen LogP contribution in [0.4, 0.5) is 5.69 Å². The molecule has 2 nitrogen and oxygen atoms in total. The Hall–Kier alpha value is -1.09. The zero-order chi connectivity index (χ0) is 18.6. The number of hydrogen-bond acceptors (Lipinski definition) is 1. The second kappa shape index (κ2) is 12.3. The van der Waals surface area contributed by atoms with Crippen LogP contribution in [-0.4, -0.2) is 11.2 Å². The Kier molecular flexibility index (Phi) is 10.1. The van der Waals surface area contributed by atoms with E-state index < -0.39 is 0 Å². The van der Waals surface area contributed by atoms with Crippen molar-refractivity contribution in [3.05, 3.63) is 29.8 Å². The lowest BCUT2D eigenvalue weighted by atomic mass is 9.98. The quantitative estimate of drug-likeness (QED) is 0.547. The second-order valence-electron chi connectivity index (χ2n) is 7.99. The summed E-state index contributed by atoms with van der Waals surface area (Å²) in [5.41, 5.74) is 2.49. The molecule has 3 heteroatoms. The molecule has 0 aliphatic heterocycles. The van der Waals surface area contributed by atoms with E-state index in [9.17, 15) is 0 Å². The number of hydrogen-bond donors (Lipinski definition) is 2. The normalized spacial score (nSPS) is 19.0. The molecule has 1 unspecified atom stereocenters. The molecule has 0 amide bonds. The minimum Gasteiger partial charge on any atom is -0.360 e. The van der Waals surface area contributed by atoms with E-state index in [0.29, 0.717) is 12.0 Å². The average Bonchev–Trinajstić information content (AvgIpc) is 2.64. The Balaban J connectivity index is 1.81. The fourth-order valence-corrected chi connectivity index (χ4v) is 4.08. The summed E-state index contributed by atoms with van der Waals surface area (Å²) in [7, 11) is 0. The summed E-state index contributed by atoms with van der Waals surface area (Å²) in [5.74, 6) is 0.616. The first-order chi connectivity index (χ1) is 12.7. The molecule has 2 rings (SSSR count). The van der Waals surface area contributed by atoms with E-state index >= 15 is 0 Å². The highest BCUT2D eigenvalue weighted by Gasteiger charge is 2.11. The summed E-state index contributed by atoms with van der Waals surface area (Å²) >= 11 is 5.59. The summed E-state index contributed by atoms with van der Waals surface area (Å²) < 4.78 is 0. The maximum atomic E-state index is 5.59. The van der Waals surface area contributed by atoms with Gasteiger partial charge >= 0.3 is 0 Å². The van der Waals surface area contributed by atoms with Crippen LogP contribution in [0.2, 0.25) is 0 Å². The van der Waals surface area contributed by atoms with Gasteiger partial charge in [0.1, 0.15) is 0 Å². The Labute approximate surface area is 166 Å². The molecular formula is C23H38N2S. The largest absolute Gasteiger partial charge is 0.360 e. The van der Waals surface area contributed by atoms with E-state index in [1.54, 1.807) is 0 Å². The van der Waals surface area contributed by atoms with Crippen molar-refractivity contribution in [1.29, 1.82) is 0 Å². The molecule has 1 aliphatic carbocycles. The van der Waals surface area contributed by atoms with Gasteiger partial charge in [-0.25, -0.2) is 0 Å². The first-order valence-corrected chi connectivity index (χ1v) is 11.3. The number of benzene rings is 1. The molecule has 0 bridgehead atoms. The van der Waals surface area contributed by atoms with Crippen molar-refractivity contribution in [2.24, 2.45) is 0 Å². The average molecular weight is 375 g/mol. The van der Waals surface area contributed by atoms with Crippen LogP contribution in [0.25, 0.3) is 0 Å². The van der Waals surface area contributed by atoms with Crippen LogP contribution >= 0.6 is 12.2 Å². The van der Waals surface area contributed by atoms with Gasteiger partial charge in [-0.3, -0.25) is 0 Å². The lowest BCUT2D eigenvalue weighted by Gasteiger charge is -2.22. The van der Waals surface area contributed by atoms with Crippen LogP contribution < -0.4 is 10.6 Å². The Morgan fingerprint density at radius 2 is 1.42 bits per heavy atom. The van der Waals surface area contributed by atoms with Crippen LogP contribution in [0.1, 0.15) is 102 Å². The lowest BCUT2D eigenvalue weighted by Crippen LogP contribution is -2.37. The summed E-state index contributed by atoms with van der Waals surface area (Å²) in [6.45, 7) is 4.51. The van der Waals surface area contributed by atoms with Crippen molar-refractivity contribution >= 4 is 23.0 Å². The highest BCUT2D eigenvalue weighted by atomic mass is 32.1. The molecule has 0 aromatic heterocycles. The fourth-order valence-electron chi connectivity index (χ4n) is 3.79. The monoisotopic (exact) mass is 374 g/mol. The van der Waals surface area contributed by atoms with Gasteiger partial charge in [0.25, 0.3) is 0 Å². The summed E-state index contributed by atoms with van der Waals surface area (Å²) in [5, 5.41) is 7.74. The van der Waals surface area contributed by atoms with Crippen molar-refractivity contribution in [2.45, 2.75) is 103 Å². The smallest absolute Gasteiger partial charge is 0.170 e. The van der Waals surface area contributed by atoms with Crippen molar-refractivity contribution in [1.82, 2.24) is 5.32 Å². The Bertz CT molecular complexity index is 499. The van der Waals surface area contributed by atoms with Crippen LogP contribution in [-0.2, 0) is 0 Å². The van der Waals surface area contributed by atoms with E-state index in [0.717, 1.165) is 10.8 Å². The molecule has 0 radical (unpaired) electrons. The third kappa shape index (κ3) is 8.07. The first kappa shape index (κ1) is 21.2. The van der Waals surface area contributed by atoms with Gasteiger partial charge in [0, 0.05) is 11.7 Å². The maximum Gasteiger partial charge on any atom is 0.170 e. The van der Waals surface area contributed by atoms with E-state index in [1.165, 1.54) is 82.6 Å². The maximum absolute atomic E-state index is 5.59. The fraction of sp³-hybridized carbons (Fsp3) is 0.696. The van der Waals surface area contributed by atoms with Gasteiger partial charge in [-0.2, -0.15) is 0 Å². The molecule has 146 valence electrons. The van der Waals surface area contributed by atoms with Crippen molar-refractivity contribution in [3.63, 3.8) is 0 Å². The molecule has 1 aromatic carbocycles. The second-order valence-corrected chi connectivity index (χ2v) is 8.39. The first-order valence-electron chi connectivity index (χ1n) is 10.9. The van der Waals surface area contributed by atoms with Gasteiger partial charge < -0.3 is 10.6 Å². The van der Waals surface area contributed by atoms with Crippen molar-refractivity contribution in [2.75, 3.05) is 5.32 Å². The van der Waals surface area contributed by atoms with Crippen molar-refractivity contribution < 1.29 is 0 Å². The van der Waals surface area contributed by atoms with E-state index in [-0.39, 0.29) is 0 Å². The molecule has 2 N–H and O–H groups in total. The zero-order valence-corrected chi connectivity index (χ0v) is 17.7. The minimum absolute atomic E-state index is 0.522. The van der Waals surface area contributed by atoms with E-state index in [2.05, 4.69) is 48.7 Å². The predicted molar refractivity (Wildman–Crippen MR) is 119 cm³/mol. The lowest BCUT2D eigenvalue weighted by molar-refractivity contribution is 0.444. The SMILES string of the molecule is CCC(C)c1ccc(NC(=S)NC2CCCCCCCCCCC2)cc1. The minimum atomic E-state index is 0.522. The third-order valence-corrected chi connectivity index (χ3v) is 6.01. The van der Waals surface area contributed by atoms with Crippen LogP contribution in [0.3, 0.4) is 0 Å². The topological polar surface area (TPSA) is 24.1 Å². The van der Waals surface area contributed by atoms with Gasteiger partial charge in [-0.05, 0) is 55.1 Å². The molecule has 1 aliphatic rings. The van der Waals surface area contributed by atoms with Gasteiger partial charge in [-0.15, -0.1) is 0 Å². The van der Waals surface area contributed by atoms with Gasteiger partial charge in [0.2, 0.25) is 0 Å². The summed E-state index contributed by atoms with van der Waals surface area (Å²) in [6.07, 6.45) is 16.1. The number of anilines is 1. The van der Waals surface area contributed by atoms with Crippen LogP contribution in [0, 0.1) is 0 Å². The molecule has 1 saturated carbocycles. The Morgan fingerprint density at radius 1 is 0.923 bits per heavy atom. The van der Waals surface area contributed by atoms with E-state index in [4.69, 9.17) is 12.2 Å². The summed E-state index contributed by atoms with van der Waals surface area (Å²) in [6, 6.07) is 9.26. The molecule has 0 saturated heterocycles. The van der Waals surface area contributed by atoms with Crippen LogP contribution in [0.15, 0.2) is 24.3 Å². The van der Waals surface area contributed by atoms with Crippen molar-refractivity contribution in [3.8, 4) is 0 Å². The van der Waals surface area contributed by atoms with Gasteiger partial charge in [0.05, 0.1) is 0 Å². The molecule has 1 aromatic rings. The Morgan fingerprint density at radius 3 is 1.92 bits per heavy atom. The molecule has 26 heavy (non-hydrogen) atoms. The predicted octanol–water partition coefficient (Wildman–Crippen LogP) is 7.16. The number of thiocarbonyl (C=S) groups is 1. The molecule has 0 heterocycles. The third-order valence-electron chi connectivity index (χ3n) is 5.79. The number of nitrogens with one attached hydrogen (secondary N) is 2. The number of rotatable bonds is 4. The van der Waals surface area contributed by atoms with E-state index in [1.807, 2.05) is 0 Å². The zero-order valence-electron chi connectivity index (χ0n) is 16.9. The molecule has 0 spiro atoms. The molecule has 1 atom stereocenters. The van der Waals surface area contributed by atoms with Gasteiger partial charge in [-0.1, -0.05) is 83.8 Å². The highest BCUT2D eigenvalue weighted by Crippen LogP contribution is 2.21. The van der Waals surface area contributed by atoms with Crippen LogP contribution in [0.5, 0.6) is 0 Å². The van der Waals surface area contributed by atoms with Gasteiger partial charge in [0.15, 0.2) is 5.11 Å². The highest BCUT2D eigenvalue weighted by molar-refractivity contribution is 7.80. The molecular weight excluding hydrogens is 336 g/mol.